The topological polar surface area (TPSA) is 107 Å². The molecule has 0 aliphatic carbocycles. The van der Waals surface area contributed by atoms with Crippen LogP contribution >= 0.6 is 22.6 Å². The van der Waals surface area contributed by atoms with Crippen molar-refractivity contribution in [1.82, 2.24) is 19.5 Å². The molecule has 0 bridgehead atoms. The van der Waals surface area contributed by atoms with Crippen LogP contribution in [0.1, 0.15) is 11.6 Å². The van der Waals surface area contributed by atoms with Gasteiger partial charge >= 0.3 is 12.2 Å². The Bertz CT molecular complexity index is 525. The largest absolute Gasteiger partial charge is 0.452 e. The Morgan fingerprint density at radius 3 is 2.05 bits per heavy atom. The molecule has 1 radical (unpaired) electrons. The fraction of sp³-hybridized carbons (Fsp3) is 0.333. The van der Waals surface area contributed by atoms with E-state index in [1.54, 1.807) is 31.7 Å². The summed E-state index contributed by atoms with van der Waals surface area (Å²) in [6, 6.07) is 0. The minimum atomic E-state index is -0.407. The second-order valence-corrected chi connectivity index (χ2v) is 3.07. The zero-order valence-electron chi connectivity index (χ0n) is 12.5. The molecule has 2 heterocycles. The third-order valence-corrected chi connectivity index (χ3v) is 1.83. The first kappa shape index (κ1) is 25.5. The van der Waals surface area contributed by atoms with Crippen LogP contribution in [0, 0.1) is 13.8 Å². The van der Waals surface area contributed by atoms with Gasteiger partial charge in [0.25, 0.3) is 0 Å². The number of hydrogen-bond donors (Lipinski definition) is 1. The second kappa shape index (κ2) is 17.6. The molecule has 22 heavy (non-hydrogen) atoms. The molecule has 10 heteroatoms. The molecule has 127 valence electrons. The van der Waals surface area contributed by atoms with Crippen molar-refractivity contribution in [3.63, 3.8) is 0 Å². The van der Waals surface area contributed by atoms with Crippen LogP contribution in [0.2, 0.25) is 0 Å². The maximum atomic E-state index is 10.8. The summed E-state index contributed by atoms with van der Waals surface area (Å²) in [5.74, 6) is 1.60. The first-order chi connectivity index (χ1) is 10.1. The fourth-order valence-corrected chi connectivity index (χ4v) is 1.01. The number of ether oxygens (including phenoxy) is 1. The van der Waals surface area contributed by atoms with E-state index in [0.717, 1.165) is 5.82 Å². The van der Waals surface area contributed by atoms with Crippen LogP contribution in [0.25, 0.3) is 0 Å². The molecule has 2 aromatic heterocycles. The van der Waals surface area contributed by atoms with Gasteiger partial charge in [0.1, 0.15) is 11.6 Å². The number of methoxy groups -OCH3 is 1. The van der Waals surface area contributed by atoms with Gasteiger partial charge in [-0.15, -0.1) is 0 Å². The molecule has 0 unspecified atom stereocenters. The zero-order valence-corrected chi connectivity index (χ0v) is 15.6. The van der Waals surface area contributed by atoms with Gasteiger partial charge < -0.3 is 9.72 Å². The number of aryl methyl sites for hydroxylation is 2. The maximum Gasteiger partial charge on any atom is 0.419 e. The number of nitrogens with one attached hydrogen (secondary N) is 1. The number of rotatable bonds is 0. The average molecular weight is 472 g/mol. The summed E-state index contributed by atoms with van der Waals surface area (Å²) in [7, 11) is 1.34. The van der Waals surface area contributed by atoms with Crippen LogP contribution in [0.5, 0.6) is 0 Å². The van der Waals surface area contributed by atoms with Crippen LogP contribution in [0.15, 0.2) is 24.8 Å². The van der Waals surface area contributed by atoms with Crippen molar-refractivity contribution in [3.05, 3.63) is 36.4 Å². The minimum absolute atomic E-state index is 0. The first-order valence-corrected chi connectivity index (χ1v) is 7.63. The van der Waals surface area contributed by atoms with Crippen LogP contribution in [0.3, 0.4) is 0 Å². The van der Waals surface area contributed by atoms with Crippen molar-refractivity contribution < 1.29 is 36.2 Å². The van der Waals surface area contributed by atoms with E-state index in [1.165, 1.54) is 11.7 Å². The predicted molar refractivity (Wildman–Crippen MR) is 83.0 cm³/mol. The van der Waals surface area contributed by atoms with E-state index in [4.69, 9.17) is 9.59 Å². The molecule has 0 atom stereocenters. The van der Waals surface area contributed by atoms with Gasteiger partial charge in [-0.3, -0.25) is 0 Å². The summed E-state index contributed by atoms with van der Waals surface area (Å²) in [5, 5.41) is 0. The van der Waals surface area contributed by atoms with E-state index in [-0.39, 0.29) is 23.2 Å². The van der Waals surface area contributed by atoms with Gasteiger partial charge in [0.2, 0.25) is 0 Å². The van der Waals surface area contributed by atoms with Crippen LogP contribution in [-0.2, 0) is 31.4 Å². The number of aromatic nitrogens is 4. The Labute approximate surface area is 152 Å². The summed E-state index contributed by atoms with van der Waals surface area (Å²) in [4.78, 5) is 39.6. The summed E-state index contributed by atoms with van der Waals surface area (Å²) in [6.45, 7) is 3.65. The number of carbonyl (C=O) groups is 1. The van der Waals surface area contributed by atoms with Crippen LogP contribution in [0.4, 0.5) is 4.79 Å². The summed E-state index contributed by atoms with van der Waals surface area (Å²) in [5.41, 5.74) is 0. The Morgan fingerprint density at radius 1 is 1.27 bits per heavy atom. The molecule has 2 rings (SSSR count). The van der Waals surface area contributed by atoms with E-state index in [9.17, 15) is 4.79 Å². The molecule has 0 aliphatic heterocycles. The number of nitrogens with zero attached hydrogens (tertiary/aromatic N) is 3. The summed E-state index contributed by atoms with van der Waals surface area (Å²) < 4.78 is 5.79. The van der Waals surface area contributed by atoms with Gasteiger partial charge in [0.05, 0.1) is 7.11 Å². The smallest absolute Gasteiger partial charge is 0.419 e. The second-order valence-electron chi connectivity index (χ2n) is 3.07. The minimum Gasteiger partial charge on any atom is -0.452 e. The normalized spacial score (nSPS) is 7.32. The van der Waals surface area contributed by atoms with Crippen molar-refractivity contribution >= 4 is 34.8 Å². The monoisotopic (exact) mass is 471 g/mol. The van der Waals surface area contributed by atoms with Gasteiger partial charge in [0, 0.05) is 41.9 Å². The molecule has 0 saturated carbocycles. The predicted octanol–water partition coefficient (Wildman–Crippen LogP) is 1.99. The molecule has 0 fully saturated rings. The molecule has 8 nitrogen and oxygen atoms in total. The van der Waals surface area contributed by atoms with E-state index in [2.05, 4.69) is 42.3 Å². The van der Waals surface area contributed by atoms with Crippen molar-refractivity contribution in [2.75, 3.05) is 12.0 Å². The third kappa shape index (κ3) is 12.3. The molecular formula is C12H17CuIN4O4. The number of aromatic amines is 1. The fourth-order valence-electron chi connectivity index (χ4n) is 1.01. The zero-order chi connectivity index (χ0) is 16.7. The maximum absolute atomic E-state index is 10.8. The average Bonchev–Trinajstić information content (AvgIpc) is 3.13. The van der Waals surface area contributed by atoms with Crippen molar-refractivity contribution in [2.45, 2.75) is 13.8 Å². The standard InChI is InChI=1S/C6H8N2O2.C4H6N2.CH3I.CO2.Cu/c1-5-7-3-4-8(5)6(9)10-2;1-4-5-2-3-6-4;1-2;2-1-3;/h3-4H,1-2H3;2-3H,1H3,(H,5,6);1H3;;. The number of carbonyl (C=O) groups excluding carboxylic acids is 3. The quantitative estimate of drug-likeness (QED) is 0.358. The van der Waals surface area contributed by atoms with E-state index in [0.29, 0.717) is 5.82 Å². The molecule has 0 aliphatic rings. The number of imidazole rings is 2. The SMILES string of the molecule is CI.COC(=O)n1ccnc1C.Cc1ncc[nH]1.O=C=O.[Cu]. The van der Waals surface area contributed by atoms with Crippen LogP contribution < -0.4 is 0 Å². The number of hydrogen-bond acceptors (Lipinski definition) is 6. The number of halogens is 1. The Hall–Kier alpha value is -1.48. The molecule has 1 N–H and O–H groups in total. The molecular weight excluding hydrogens is 455 g/mol. The third-order valence-electron chi connectivity index (χ3n) is 1.83. The van der Waals surface area contributed by atoms with Crippen molar-refractivity contribution in [2.24, 2.45) is 0 Å². The van der Waals surface area contributed by atoms with Gasteiger partial charge in [0.15, 0.2) is 0 Å². The summed E-state index contributed by atoms with van der Waals surface area (Å²) >= 11 is 2.15. The molecule has 0 spiro atoms. The van der Waals surface area contributed by atoms with E-state index in [1.807, 2.05) is 11.9 Å². The van der Waals surface area contributed by atoms with E-state index < -0.39 is 6.09 Å². The van der Waals surface area contributed by atoms with Crippen molar-refractivity contribution in [1.29, 1.82) is 0 Å². The van der Waals surface area contributed by atoms with Gasteiger partial charge in [-0.25, -0.2) is 19.3 Å². The molecule has 0 saturated heterocycles. The van der Waals surface area contributed by atoms with Crippen LogP contribution in [-0.4, -0.2) is 43.8 Å². The number of alkyl halides is 1. The van der Waals surface area contributed by atoms with Gasteiger partial charge in [-0.1, -0.05) is 22.6 Å². The Kier molecular flexibility index (Phi) is 20.3. The first-order valence-electron chi connectivity index (χ1n) is 5.48. The molecule has 2 aromatic rings. The number of H-pyrrole nitrogens is 1. The summed E-state index contributed by atoms with van der Waals surface area (Å²) in [6.07, 6.45) is 6.48. The molecule has 0 amide bonds. The Balaban J connectivity index is -0.000000259. The van der Waals surface area contributed by atoms with Gasteiger partial charge in [-0.2, -0.15) is 9.59 Å². The molecule has 0 aromatic carbocycles. The van der Waals surface area contributed by atoms with Gasteiger partial charge in [-0.05, 0) is 18.8 Å². The Morgan fingerprint density at radius 2 is 1.82 bits per heavy atom. The van der Waals surface area contributed by atoms with Crippen molar-refractivity contribution in [3.8, 4) is 0 Å². The van der Waals surface area contributed by atoms with E-state index >= 15 is 0 Å².